The minimum atomic E-state index is -0.896. The molecule has 6 heavy (non-hydrogen) atoms. The van der Waals surface area contributed by atoms with Crippen molar-refractivity contribution < 1.29 is 11.6 Å². The molecule has 0 rings (SSSR count). The van der Waals surface area contributed by atoms with Crippen LogP contribution in [-0.4, -0.2) is 0 Å². The summed E-state index contributed by atoms with van der Waals surface area (Å²) in [5.41, 5.74) is 0. The van der Waals surface area contributed by atoms with E-state index in [2.05, 4.69) is 39.5 Å². The standard InChI is InChI=1S/C2H6.3BrH.Ti/c1-2;;;;/h1-2H3;3*1H;/q;;;;+3/p-3. The summed E-state index contributed by atoms with van der Waals surface area (Å²) in [6.07, 6.45) is 0. The van der Waals surface area contributed by atoms with Gasteiger partial charge in [-0.2, -0.15) is 0 Å². The van der Waals surface area contributed by atoms with Crippen molar-refractivity contribution in [2.45, 2.75) is 13.8 Å². The van der Waals surface area contributed by atoms with Gasteiger partial charge in [-0.25, -0.2) is 0 Å². The van der Waals surface area contributed by atoms with Gasteiger partial charge in [0.25, 0.3) is 0 Å². The molecule has 0 aromatic carbocycles. The van der Waals surface area contributed by atoms with Gasteiger partial charge in [-0.05, 0) is 0 Å². The van der Waals surface area contributed by atoms with Gasteiger partial charge in [-0.3, -0.25) is 0 Å². The van der Waals surface area contributed by atoms with Crippen LogP contribution < -0.4 is 0 Å². The molecule has 0 amide bonds. The van der Waals surface area contributed by atoms with Crippen LogP contribution in [0, 0.1) is 0 Å². The number of halogens is 3. The molecule has 0 heterocycles. The molecule has 0 saturated carbocycles. The summed E-state index contributed by atoms with van der Waals surface area (Å²) in [4.78, 5) is 0. The fourth-order valence-electron chi connectivity index (χ4n) is 0. The maximum atomic E-state index is 3.27. The Kier molecular flexibility index (Phi) is 18.7. The third-order valence-electron chi connectivity index (χ3n) is 0. The molecule has 0 spiro atoms. The summed E-state index contributed by atoms with van der Waals surface area (Å²) in [6.45, 7) is 4.00. The molecule has 0 nitrogen and oxygen atoms in total. The van der Waals surface area contributed by atoms with Gasteiger partial charge in [0.2, 0.25) is 0 Å². The van der Waals surface area contributed by atoms with Gasteiger partial charge in [0.1, 0.15) is 0 Å². The van der Waals surface area contributed by atoms with E-state index in [9.17, 15) is 0 Å². The van der Waals surface area contributed by atoms with Crippen molar-refractivity contribution in [2.75, 3.05) is 0 Å². The van der Waals surface area contributed by atoms with Crippen LogP contribution in [-0.2, 0) is 11.6 Å². The quantitative estimate of drug-likeness (QED) is 0.599. The zero-order chi connectivity index (χ0) is 5.58. The van der Waals surface area contributed by atoms with Crippen LogP contribution in [0.3, 0.4) is 0 Å². The van der Waals surface area contributed by atoms with E-state index in [1.165, 1.54) is 0 Å². The Balaban J connectivity index is 0. The van der Waals surface area contributed by atoms with Crippen molar-refractivity contribution in [3.8, 4) is 0 Å². The molecule has 0 aromatic rings. The molecule has 0 saturated heterocycles. The first-order valence-electron chi connectivity index (χ1n) is 1.57. The van der Waals surface area contributed by atoms with Gasteiger partial charge in [-0.1, -0.05) is 13.8 Å². The summed E-state index contributed by atoms with van der Waals surface area (Å²) in [7, 11) is 0. The average Bonchev–Trinajstić information content (AvgIpc) is 1.41. The van der Waals surface area contributed by atoms with E-state index in [1.807, 2.05) is 13.8 Å². The predicted molar refractivity (Wildman–Crippen MR) is 38.1 cm³/mol. The van der Waals surface area contributed by atoms with E-state index in [1.54, 1.807) is 0 Å². The molecule has 0 aliphatic heterocycles. The molecule has 0 atom stereocenters. The third kappa shape index (κ3) is 35.2. The predicted octanol–water partition coefficient (Wildman–Crippen LogP) is 3.56. The monoisotopic (exact) mass is 315 g/mol. The van der Waals surface area contributed by atoms with E-state index >= 15 is 0 Å². The van der Waals surface area contributed by atoms with Gasteiger partial charge in [-0.15, -0.1) is 0 Å². The van der Waals surface area contributed by atoms with Crippen molar-refractivity contribution in [1.82, 2.24) is 0 Å². The van der Waals surface area contributed by atoms with E-state index < -0.39 is 11.6 Å². The maximum absolute atomic E-state index is 3.27. The molecule has 0 radical (unpaired) electrons. The van der Waals surface area contributed by atoms with E-state index in [-0.39, 0.29) is 0 Å². The third-order valence-corrected chi connectivity index (χ3v) is 0. The Bertz CT molecular complexity index is 13.5. The second-order valence-corrected chi connectivity index (χ2v) is 23.9. The summed E-state index contributed by atoms with van der Waals surface area (Å²) in [6, 6.07) is 0. The molecular weight excluding hydrogens is 312 g/mol. The van der Waals surface area contributed by atoms with Crippen LogP contribution in [0.2, 0.25) is 0 Å². The molecule has 0 unspecified atom stereocenters. The van der Waals surface area contributed by atoms with Crippen molar-refractivity contribution in [3.05, 3.63) is 0 Å². The average molecular weight is 318 g/mol. The van der Waals surface area contributed by atoms with E-state index in [4.69, 9.17) is 0 Å². The molecule has 0 aromatic heterocycles. The Morgan fingerprint density at radius 1 is 1.00 bits per heavy atom. The van der Waals surface area contributed by atoms with Gasteiger partial charge in [0.05, 0.1) is 0 Å². The number of hydrogen-bond donors (Lipinski definition) is 0. The zero-order valence-corrected chi connectivity index (χ0v) is 9.95. The molecule has 0 aliphatic carbocycles. The second-order valence-electron chi connectivity index (χ2n) is 0.214. The second kappa shape index (κ2) is 10.2. The van der Waals surface area contributed by atoms with Crippen LogP contribution in [0.15, 0.2) is 0 Å². The van der Waals surface area contributed by atoms with E-state index in [0.717, 1.165) is 0 Å². The van der Waals surface area contributed by atoms with Crippen LogP contribution in [0.5, 0.6) is 0 Å². The fourth-order valence-corrected chi connectivity index (χ4v) is 0. The summed E-state index contributed by atoms with van der Waals surface area (Å²) in [5.74, 6) is 0. The minimum absolute atomic E-state index is 0.896. The Hall–Kier alpha value is 2.15. The Morgan fingerprint density at radius 3 is 1.00 bits per heavy atom. The first-order chi connectivity index (χ1) is 2.73. The summed E-state index contributed by atoms with van der Waals surface area (Å²) < 4.78 is 0. The van der Waals surface area contributed by atoms with Crippen LogP contribution in [0.1, 0.15) is 13.8 Å². The molecular formula is C2H6Br3Ti. The van der Waals surface area contributed by atoms with Crippen molar-refractivity contribution in [1.29, 1.82) is 0 Å². The summed E-state index contributed by atoms with van der Waals surface area (Å²) in [5, 5.41) is 0. The van der Waals surface area contributed by atoms with Gasteiger partial charge in [0, 0.05) is 0 Å². The van der Waals surface area contributed by atoms with Crippen molar-refractivity contribution in [3.63, 3.8) is 0 Å². The molecule has 0 fully saturated rings. The van der Waals surface area contributed by atoms with Crippen LogP contribution in [0.25, 0.3) is 0 Å². The zero-order valence-electron chi connectivity index (χ0n) is 3.63. The number of rotatable bonds is 0. The molecule has 0 N–H and O–H groups in total. The SMILES string of the molecule is CC.[Br][Ti]([Br])[Br]. The molecule has 4 heteroatoms. The molecule has 0 aliphatic rings. The van der Waals surface area contributed by atoms with E-state index in [0.29, 0.717) is 0 Å². The topological polar surface area (TPSA) is 0 Å². The van der Waals surface area contributed by atoms with Crippen LogP contribution >= 0.6 is 39.5 Å². The van der Waals surface area contributed by atoms with Gasteiger partial charge < -0.3 is 0 Å². The fraction of sp³-hybridized carbons (Fsp3) is 1.00. The van der Waals surface area contributed by atoms with Crippen LogP contribution in [0.4, 0.5) is 0 Å². The first-order valence-corrected chi connectivity index (χ1v) is 13.1. The van der Waals surface area contributed by atoms with Gasteiger partial charge >= 0.3 is 51.1 Å². The molecule has 0 bridgehead atoms. The van der Waals surface area contributed by atoms with Crippen molar-refractivity contribution in [2.24, 2.45) is 0 Å². The molecule has 39 valence electrons. The van der Waals surface area contributed by atoms with Crippen molar-refractivity contribution >= 4 is 39.5 Å². The Labute approximate surface area is 64.1 Å². The summed E-state index contributed by atoms with van der Waals surface area (Å²) >= 11 is 8.92. The normalized spacial score (nSPS) is 5.50. The number of hydrogen-bond acceptors (Lipinski definition) is 0. The first kappa shape index (κ1) is 11.0. The Morgan fingerprint density at radius 2 is 1.00 bits per heavy atom. The van der Waals surface area contributed by atoms with Gasteiger partial charge in [0.15, 0.2) is 0 Å².